The number of aryl methyl sites for hydroxylation is 2. The minimum atomic E-state index is 0. The second-order valence-corrected chi connectivity index (χ2v) is 6.78. The average molecular weight is 480 g/mol. The van der Waals surface area contributed by atoms with E-state index in [9.17, 15) is 0 Å². The summed E-state index contributed by atoms with van der Waals surface area (Å²) in [5.74, 6) is 0.439. The molecule has 6 heteroatoms. The van der Waals surface area contributed by atoms with E-state index >= 15 is 0 Å². The first-order chi connectivity index (χ1) is 12.6. The van der Waals surface area contributed by atoms with E-state index in [1.807, 2.05) is 6.07 Å². The number of hydrogen-bond donors (Lipinski definition) is 2. The Labute approximate surface area is 179 Å². The fourth-order valence-electron chi connectivity index (χ4n) is 3.04. The van der Waals surface area contributed by atoms with E-state index in [-0.39, 0.29) is 24.0 Å². The molecule has 3 N–H and O–H groups in total. The van der Waals surface area contributed by atoms with E-state index in [1.165, 1.54) is 22.3 Å². The van der Waals surface area contributed by atoms with E-state index in [2.05, 4.69) is 65.5 Å². The molecule has 1 aliphatic rings. The molecule has 0 unspecified atom stereocenters. The van der Waals surface area contributed by atoms with Gasteiger partial charge in [0.15, 0.2) is 5.96 Å². The second-order valence-electron chi connectivity index (χ2n) is 6.78. The summed E-state index contributed by atoms with van der Waals surface area (Å²) in [6.45, 7) is 9.28. The van der Waals surface area contributed by atoms with Crippen LogP contribution in [0.5, 0.6) is 0 Å². The van der Waals surface area contributed by atoms with Gasteiger partial charge in [0.1, 0.15) is 0 Å². The molecule has 0 spiro atoms. The van der Waals surface area contributed by atoms with E-state index < -0.39 is 0 Å². The molecule has 2 aromatic rings. The predicted molar refractivity (Wildman–Crippen MR) is 123 cm³/mol. The van der Waals surface area contributed by atoms with Crippen LogP contribution in [-0.2, 0) is 17.8 Å². The van der Waals surface area contributed by atoms with Crippen molar-refractivity contribution in [1.29, 1.82) is 0 Å². The molecule has 146 valence electrons. The Morgan fingerprint density at radius 2 is 1.78 bits per heavy atom. The third-order valence-electron chi connectivity index (χ3n) is 4.82. The van der Waals surface area contributed by atoms with Crippen LogP contribution >= 0.6 is 24.0 Å². The van der Waals surface area contributed by atoms with Gasteiger partial charge in [-0.05, 0) is 48.2 Å². The van der Waals surface area contributed by atoms with Gasteiger partial charge in [-0.1, -0.05) is 30.3 Å². The third-order valence-corrected chi connectivity index (χ3v) is 4.82. The molecule has 0 aliphatic carbocycles. The molecular weight excluding hydrogens is 451 g/mol. The largest absolute Gasteiger partial charge is 0.379 e. The highest BCUT2D eigenvalue weighted by molar-refractivity contribution is 14.0. The molecule has 5 nitrogen and oxygen atoms in total. The third kappa shape index (κ3) is 6.48. The van der Waals surface area contributed by atoms with E-state index in [1.54, 1.807) is 0 Å². The minimum Gasteiger partial charge on any atom is -0.379 e. The number of ether oxygens (including phenoxy) is 1. The highest BCUT2D eigenvalue weighted by Gasteiger charge is 2.12. The molecule has 0 saturated carbocycles. The lowest BCUT2D eigenvalue weighted by molar-refractivity contribution is 0.0341. The van der Waals surface area contributed by atoms with Gasteiger partial charge in [0.25, 0.3) is 0 Å². The predicted octanol–water partition coefficient (Wildman–Crippen LogP) is 3.68. The number of halogens is 1. The number of hydrogen-bond acceptors (Lipinski definition) is 3. The number of nitrogens with one attached hydrogen (secondary N) is 1. The van der Waals surface area contributed by atoms with Crippen molar-refractivity contribution in [3.05, 3.63) is 64.7 Å². The highest BCUT2D eigenvalue weighted by atomic mass is 127. The normalized spacial score (nSPS) is 15.3. The minimum absolute atomic E-state index is 0. The molecule has 0 radical (unpaired) electrons. The number of benzene rings is 2. The molecule has 27 heavy (non-hydrogen) atoms. The van der Waals surface area contributed by atoms with Crippen molar-refractivity contribution in [2.45, 2.75) is 26.9 Å². The summed E-state index contributed by atoms with van der Waals surface area (Å²) >= 11 is 0. The Morgan fingerprint density at radius 1 is 1.07 bits per heavy atom. The van der Waals surface area contributed by atoms with Crippen molar-refractivity contribution in [2.24, 2.45) is 10.7 Å². The molecule has 1 saturated heterocycles. The summed E-state index contributed by atoms with van der Waals surface area (Å²) in [5.41, 5.74) is 12.1. The van der Waals surface area contributed by atoms with Gasteiger partial charge in [-0.15, -0.1) is 24.0 Å². The molecule has 0 atom stereocenters. The zero-order valence-electron chi connectivity index (χ0n) is 16.1. The van der Waals surface area contributed by atoms with Crippen molar-refractivity contribution in [1.82, 2.24) is 4.90 Å². The molecule has 1 fully saturated rings. The van der Waals surface area contributed by atoms with Gasteiger partial charge in [0, 0.05) is 25.3 Å². The summed E-state index contributed by atoms with van der Waals surface area (Å²) in [6, 6.07) is 14.6. The van der Waals surface area contributed by atoms with Crippen LogP contribution in [0.15, 0.2) is 47.5 Å². The van der Waals surface area contributed by atoms with Crippen LogP contribution in [0, 0.1) is 13.8 Å². The van der Waals surface area contributed by atoms with E-state index in [4.69, 9.17) is 10.5 Å². The first-order valence-corrected chi connectivity index (χ1v) is 9.13. The van der Waals surface area contributed by atoms with Crippen LogP contribution < -0.4 is 11.1 Å². The lowest BCUT2D eigenvalue weighted by atomic mass is 10.1. The molecule has 2 aromatic carbocycles. The number of morpholine rings is 1. The average Bonchev–Trinajstić information content (AvgIpc) is 2.65. The molecule has 1 heterocycles. The number of aliphatic imine (C=N–C) groups is 1. The van der Waals surface area contributed by atoms with Gasteiger partial charge in [0.05, 0.1) is 19.8 Å². The van der Waals surface area contributed by atoms with Gasteiger partial charge in [-0.25, -0.2) is 4.99 Å². The van der Waals surface area contributed by atoms with Crippen molar-refractivity contribution in [3.8, 4) is 0 Å². The summed E-state index contributed by atoms with van der Waals surface area (Å²) in [4.78, 5) is 6.96. The van der Waals surface area contributed by atoms with E-state index in [0.717, 1.165) is 38.5 Å². The highest BCUT2D eigenvalue weighted by Crippen LogP contribution is 2.15. The molecule has 1 aliphatic heterocycles. The Kier molecular flexibility index (Phi) is 8.53. The fourth-order valence-corrected chi connectivity index (χ4v) is 3.04. The van der Waals surface area contributed by atoms with Gasteiger partial charge in [-0.2, -0.15) is 0 Å². The van der Waals surface area contributed by atoms with Crippen LogP contribution in [0.3, 0.4) is 0 Å². The van der Waals surface area contributed by atoms with Crippen LogP contribution in [-0.4, -0.2) is 37.2 Å². The quantitative estimate of drug-likeness (QED) is 0.390. The zero-order valence-corrected chi connectivity index (χ0v) is 18.4. The fraction of sp³-hybridized carbons (Fsp3) is 0.381. The van der Waals surface area contributed by atoms with Crippen molar-refractivity contribution < 1.29 is 4.74 Å². The maximum Gasteiger partial charge on any atom is 0.193 e. The maximum atomic E-state index is 6.09. The van der Waals surface area contributed by atoms with Crippen LogP contribution in [0.1, 0.15) is 22.3 Å². The van der Waals surface area contributed by atoms with E-state index in [0.29, 0.717) is 12.5 Å². The Morgan fingerprint density at radius 3 is 2.48 bits per heavy atom. The number of nitrogens with zero attached hydrogens (tertiary/aromatic N) is 2. The summed E-state index contributed by atoms with van der Waals surface area (Å²) in [7, 11) is 0. The van der Waals surface area contributed by atoms with Gasteiger partial charge < -0.3 is 15.8 Å². The Bertz CT molecular complexity index is 773. The molecular formula is C21H29IN4O. The van der Waals surface area contributed by atoms with Gasteiger partial charge in [-0.3, -0.25) is 4.90 Å². The molecule has 0 amide bonds. The first-order valence-electron chi connectivity index (χ1n) is 9.13. The van der Waals surface area contributed by atoms with Crippen molar-refractivity contribution in [3.63, 3.8) is 0 Å². The number of guanidine groups is 1. The van der Waals surface area contributed by atoms with Crippen LogP contribution in [0.4, 0.5) is 5.69 Å². The summed E-state index contributed by atoms with van der Waals surface area (Å²) in [6.07, 6.45) is 0. The number of rotatable bonds is 5. The standard InChI is InChI=1S/C21H28N4O.HI/c1-16-7-8-20(13-17(16)2)24-21(22)23-14-18-5-3-4-6-19(18)15-25-9-11-26-12-10-25;/h3-8,13H,9-12,14-15H2,1-2H3,(H3,22,23,24);1H. The smallest absolute Gasteiger partial charge is 0.193 e. The van der Waals surface area contributed by atoms with Crippen molar-refractivity contribution in [2.75, 3.05) is 31.6 Å². The summed E-state index contributed by atoms with van der Waals surface area (Å²) < 4.78 is 5.43. The first kappa shape index (κ1) is 21.7. The summed E-state index contributed by atoms with van der Waals surface area (Å²) in [5, 5.41) is 3.18. The zero-order chi connectivity index (χ0) is 18.4. The Balaban J connectivity index is 0.00000261. The molecule has 0 aromatic heterocycles. The second kappa shape index (κ2) is 10.6. The lowest BCUT2D eigenvalue weighted by Crippen LogP contribution is -2.35. The number of nitrogens with two attached hydrogens (primary N) is 1. The van der Waals surface area contributed by atoms with Crippen LogP contribution in [0.2, 0.25) is 0 Å². The van der Waals surface area contributed by atoms with Gasteiger partial charge >= 0.3 is 0 Å². The SMILES string of the molecule is Cc1ccc(NC(N)=NCc2ccccc2CN2CCOCC2)cc1C.I. The van der Waals surface area contributed by atoms with Crippen LogP contribution in [0.25, 0.3) is 0 Å². The molecule has 3 rings (SSSR count). The Hall–Kier alpha value is -1.64. The molecule has 0 bridgehead atoms. The monoisotopic (exact) mass is 480 g/mol. The van der Waals surface area contributed by atoms with Crippen molar-refractivity contribution >= 4 is 35.6 Å². The maximum absolute atomic E-state index is 6.09. The lowest BCUT2D eigenvalue weighted by Gasteiger charge is -2.27. The number of anilines is 1. The van der Waals surface area contributed by atoms with Gasteiger partial charge in [0.2, 0.25) is 0 Å². The topological polar surface area (TPSA) is 62.9 Å².